The van der Waals surface area contributed by atoms with E-state index in [1.807, 2.05) is 7.05 Å². The fourth-order valence-corrected chi connectivity index (χ4v) is 3.25. The van der Waals surface area contributed by atoms with Gasteiger partial charge in [-0.3, -0.25) is 4.68 Å². The number of nitrogens with zero attached hydrogens (tertiary/aromatic N) is 5. The zero-order chi connectivity index (χ0) is 18.9. The summed E-state index contributed by atoms with van der Waals surface area (Å²) in [6, 6.07) is 5.10. The highest BCUT2D eigenvalue weighted by molar-refractivity contribution is 7.98. The summed E-state index contributed by atoms with van der Waals surface area (Å²) >= 11 is 1.39. The normalized spacial score (nSPS) is 11.8. The summed E-state index contributed by atoms with van der Waals surface area (Å²) in [6.45, 7) is 0. The van der Waals surface area contributed by atoms with Crippen LogP contribution in [0.3, 0.4) is 0 Å². The number of thioether (sulfide) groups is 1. The van der Waals surface area contributed by atoms with Gasteiger partial charge in [0, 0.05) is 26.0 Å². The lowest BCUT2D eigenvalue weighted by Crippen LogP contribution is -2.04. The third-order valence-corrected chi connectivity index (χ3v) is 4.80. The highest BCUT2D eigenvalue weighted by Gasteiger charge is 2.29. The van der Waals surface area contributed by atoms with Crippen molar-refractivity contribution >= 4 is 11.8 Å². The van der Waals surface area contributed by atoms with Crippen molar-refractivity contribution < 1.29 is 17.9 Å². The Morgan fingerprint density at radius 3 is 2.42 bits per heavy atom. The Morgan fingerprint density at radius 2 is 1.81 bits per heavy atom. The van der Waals surface area contributed by atoms with Crippen LogP contribution >= 0.6 is 11.8 Å². The van der Waals surface area contributed by atoms with Crippen LogP contribution in [0.5, 0.6) is 5.88 Å². The molecule has 0 saturated heterocycles. The van der Waals surface area contributed by atoms with Gasteiger partial charge in [-0.05, 0) is 17.7 Å². The highest BCUT2D eigenvalue weighted by atomic mass is 32.2. The Kier molecular flexibility index (Phi) is 4.94. The number of rotatable bonds is 5. The van der Waals surface area contributed by atoms with Crippen LogP contribution in [0.15, 0.2) is 35.6 Å². The Morgan fingerprint density at radius 1 is 1.12 bits per heavy atom. The van der Waals surface area contributed by atoms with Crippen molar-refractivity contribution in [2.45, 2.75) is 17.1 Å². The molecule has 1 aromatic carbocycles. The molecule has 0 bridgehead atoms. The van der Waals surface area contributed by atoms with Crippen molar-refractivity contribution in [3.8, 4) is 17.3 Å². The minimum Gasteiger partial charge on any atom is -0.479 e. The van der Waals surface area contributed by atoms with E-state index in [0.717, 1.165) is 17.7 Å². The van der Waals surface area contributed by atoms with Crippen molar-refractivity contribution in [1.29, 1.82) is 0 Å². The van der Waals surface area contributed by atoms with Crippen LogP contribution < -0.4 is 4.74 Å². The van der Waals surface area contributed by atoms with Crippen molar-refractivity contribution in [3.05, 3.63) is 41.6 Å². The van der Waals surface area contributed by atoms with Crippen LogP contribution in [0, 0.1) is 0 Å². The molecule has 2 heterocycles. The van der Waals surface area contributed by atoms with Gasteiger partial charge in [0.15, 0.2) is 11.0 Å². The average Bonchev–Trinajstić information content (AvgIpc) is 3.14. The molecule has 0 unspecified atom stereocenters. The maximum atomic E-state index is 12.6. The first-order valence-corrected chi connectivity index (χ1v) is 8.54. The van der Waals surface area contributed by atoms with E-state index < -0.39 is 11.7 Å². The van der Waals surface area contributed by atoms with Gasteiger partial charge in [-0.25, -0.2) is 0 Å². The maximum Gasteiger partial charge on any atom is 0.416 e. The predicted octanol–water partition coefficient (Wildman–Crippen LogP) is 3.54. The molecule has 2 aromatic heterocycles. The van der Waals surface area contributed by atoms with Crippen molar-refractivity contribution in [3.63, 3.8) is 0 Å². The van der Waals surface area contributed by atoms with Crippen LogP contribution in [0.25, 0.3) is 11.4 Å². The van der Waals surface area contributed by atoms with E-state index in [-0.39, 0.29) is 0 Å². The molecule has 3 rings (SSSR count). The first-order valence-electron chi connectivity index (χ1n) is 7.56. The Labute approximate surface area is 152 Å². The van der Waals surface area contributed by atoms with Gasteiger partial charge in [0.2, 0.25) is 5.88 Å². The van der Waals surface area contributed by atoms with E-state index >= 15 is 0 Å². The van der Waals surface area contributed by atoms with Crippen LogP contribution in [-0.4, -0.2) is 31.7 Å². The van der Waals surface area contributed by atoms with Gasteiger partial charge >= 0.3 is 6.18 Å². The monoisotopic (exact) mass is 383 g/mol. The molecule has 3 aromatic rings. The van der Waals surface area contributed by atoms with Gasteiger partial charge in [-0.15, -0.1) is 15.3 Å². The van der Waals surface area contributed by atoms with Crippen molar-refractivity contribution in [1.82, 2.24) is 24.5 Å². The number of methoxy groups -OCH3 is 1. The highest BCUT2D eigenvalue weighted by Crippen LogP contribution is 2.32. The molecule has 0 N–H and O–H groups in total. The molecule has 138 valence electrons. The maximum absolute atomic E-state index is 12.6. The standard InChI is InChI=1S/C16H16F3N5OS/c1-23-8-12(14(22-23)25-3)13-20-21-15(24(13)2)26-9-10-4-6-11(7-5-10)16(17,18)19/h4-8H,9H2,1-3H3. The number of aromatic nitrogens is 5. The SMILES string of the molecule is COc1nn(C)cc1-c1nnc(SCc2ccc(C(F)(F)F)cc2)n1C. The molecule has 0 fully saturated rings. The van der Waals surface area contributed by atoms with Crippen molar-refractivity contribution in [2.24, 2.45) is 14.1 Å². The lowest BCUT2D eigenvalue weighted by molar-refractivity contribution is -0.137. The Hall–Kier alpha value is -2.49. The van der Waals surface area contributed by atoms with E-state index in [4.69, 9.17) is 4.74 Å². The lowest BCUT2D eigenvalue weighted by Gasteiger charge is -2.07. The smallest absolute Gasteiger partial charge is 0.416 e. The number of alkyl halides is 3. The molecule has 0 aliphatic heterocycles. The quantitative estimate of drug-likeness (QED) is 0.631. The molecular formula is C16H16F3N5OS. The van der Waals surface area contributed by atoms with Gasteiger partial charge in [-0.1, -0.05) is 23.9 Å². The lowest BCUT2D eigenvalue weighted by atomic mass is 10.1. The zero-order valence-corrected chi connectivity index (χ0v) is 15.1. The summed E-state index contributed by atoms with van der Waals surface area (Å²) in [6.07, 6.45) is -2.54. The topological polar surface area (TPSA) is 57.8 Å². The number of hydrogen-bond acceptors (Lipinski definition) is 5. The third kappa shape index (κ3) is 3.69. The molecule has 10 heteroatoms. The van der Waals surface area contributed by atoms with Gasteiger partial charge in [0.25, 0.3) is 0 Å². The fraction of sp³-hybridized carbons (Fsp3) is 0.312. The second-order valence-electron chi connectivity index (χ2n) is 5.57. The van der Waals surface area contributed by atoms with E-state index in [2.05, 4.69) is 15.3 Å². The molecule has 0 atom stereocenters. The largest absolute Gasteiger partial charge is 0.479 e. The minimum absolute atomic E-state index is 0.447. The number of hydrogen-bond donors (Lipinski definition) is 0. The second kappa shape index (κ2) is 7.02. The first-order chi connectivity index (χ1) is 12.3. The van der Waals surface area contributed by atoms with E-state index in [9.17, 15) is 13.2 Å². The molecule has 0 aliphatic carbocycles. The first kappa shape index (κ1) is 18.3. The molecule has 0 radical (unpaired) electrons. The fourth-order valence-electron chi connectivity index (χ4n) is 2.39. The molecule has 6 nitrogen and oxygen atoms in total. The molecule has 0 spiro atoms. The summed E-state index contributed by atoms with van der Waals surface area (Å²) in [5.74, 6) is 1.53. The van der Waals surface area contributed by atoms with Crippen LogP contribution in [0.1, 0.15) is 11.1 Å². The third-order valence-electron chi connectivity index (χ3n) is 3.71. The van der Waals surface area contributed by atoms with E-state index in [1.165, 1.54) is 31.0 Å². The number of benzene rings is 1. The number of aryl methyl sites for hydroxylation is 1. The summed E-state index contributed by atoms with van der Waals surface area (Å²) in [7, 11) is 5.13. The average molecular weight is 383 g/mol. The summed E-state index contributed by atoms with van der Waals surface area (Å²) in [4.78, 5) is 0. The van der Waals surface area contributed by atoms with Gasteiger partial charge in [-0.2, -0.15) is 13.2 Å². The second-order valence-corrected chi connectivity index (χ2v) is 6.52. The van der Waals surface area contributed by atoms with E-state index in [1.54, 1.807) is 22.5 Å². The molecule has 0 saturated carbocycles. The van der Waals surface area contributed by atoms with E-state index in [0.29, 0.717) is 28.2 Å². The Bertz CT molecular complexity index is 902. The van der Waals surface area contributed by atoms with Crippen LogP contribution in [0.4, 0.5) is 13.2 Å². The molecule has 0 aliphatic rings. The van der Waals surface area contributed by atoms with Crippen LogP contribution in [0.2, 0.25) is 0 Å². The summed E-state index contributed by atoms with van der Waals surface area (Å²) < 4.78 is 46.5. The molecule has 0 amide bonds. The molecular weight excluding hydrogens is 367 g/mol. The van der Waals surface area contributed by atoms with Crippen molar-refractivity contribution in [2.75, 3.05) is 7.11 Å². The van der Waals surface area contributed by atoms with Gasteiger partial charge in [0.05, 0.1) is 12.7 Å². The summed E-state index contributed by atoms with van der Waals surface area (Å²) in [5, 5.41) is 13.2. The van der Waals surface area contributed by atoms with Gasteiger partial charge in [0.1, 0.15) is 5.56 Å². The van der Waals surface area contributed by atoms with Gasteiger partial charge < -0.3 is 9.30 Å². The zero-order valence-electron chi connectivity index (χ0n) is 14.3. The predicted molar refractivity (Wildman–Crippen MR) is 90.8 cm³/mol. The summed E-state index contributed by atoms with van der Waals surface area (Å²) in [5.41, 5.74) is 0.828. The minimum atomic E-state index is -4.33. The number of halogens is 3. The molecule has 26 heavy (non-hydrogen) atoms. The number of ether oxygens (including phenoxy) is 1. The van der Waals surface area contributed by atoms with Crippen LogP contribution in [-0.2, 0) is 26.0 Å². The Balaban J connectivity index is 1.75.